The lowest BCUT2D eigenvalue weighted by atomic mass is 9.87. The summed E-state index contributed by atoms with van der Waals surface area (Å²) in [6.07, 6.45) is 1.46. The molecule has 0 N–H and O–H groups in total. The molecule has 0 aromatic carbocycles. The topological polar surface area (TPSA) is 39.5 Å². The van der Waals surface area contributed by atoms with Gasteiger partial charge in [0, 0.05) is 38.4 Å². The Kier molecular flexibility index (Phi) is 4.78. The highest BCUT2D eigenvalue weighted by molar-refractivity contribution is 5.79. The molecule has 5 nitrogen and oxygen atoms in total. The molecule has 1 aliphatic rings. The molecule has 6 heteroatoms. The summed E-state index contributed by atoms with van der Waals surface area (Å²) in [5, 5.41) is 0.544. The van der Waals surface area contributed by atoms with Gasteiger partial charge in [0.25, 0.3) is 0 Å². The lowest BCUT2D eigenvalue weighted by Gasteiger charge is -2.27. The largest absolute Gasteiger partial charge is 0.476 e. The van der Waals surface area contributed by atoms with Gasteiger partial charge in [-0.05, 0) is 11.5 Å². The van der Waals surface area contributed by atoms with Crippen LogP contribution in [0.4, 0.5) is 4.39 Å². The van der Waals surface area contributed by atoms with Crippen molar-refractivity contribution < 1.29 is 13.9 Å². The summed E-state index contributed by atoms with van der Waals surface area (Å²) in [6, 6.07) is 1.88. The van der Waals surface area contributed by atoms with Crippen molar-refractivity contribution in [1.82, 2.24) is 14.5 Å². The number of pyridine rings is 1. The maximum absolute atomic E-state index is 14.1. The van der Waals surface area contributed by atoms with Gasteiger partial charge in [-0.25, -0.2) is 4.39 Å². The minimum atomic E-state index is -0.245. The van der Waals surface area contributed by atoms with E-state index in [0.29, 0.717) is 23.5 Å². The molecule has 0 bridgehead atoms. The van der Waals surface area contributed by atoms with Crippen LogP contribution in [-0.4, -0.2) is 53.9 Å². The zero-order chi connectivity index (χ0) is 17.3. The fourth-order valence-corrected chi connectivity index (χ4v) is 2.98. The average Bonchev–Trinajstić information content (AvgIpc) is 2.81. The van der Waals surface area contributed by atoms with Crippen LogP contribution in [-0.2, 0) is 17.2 Å². The van der Waals surface area contributed by atoms with Gasteiger partial charge >= 0.3 is 0 Å². The zero-order valence-electron chi connectivity index (χ0n) is 14.9. The van der Waals surface area contributed by atoms with Gasteiger partial charge in [0.05, 0.1) is 18.6 Å². The number of halogens is 1. The van der Waals surface area contributed by atoms with Crippen molar-refractivity contribution in [2.24, 2.45) is 7.05 Å². The summed E-state index contributed by atoms with van der Waals surface area (Å²) in [4.78, 5) is 6.92. The van der Waals surface area contributed by atoms with Gasteiger partial charge in [0.1, 0.15) is 18.1 Å². The van der Waals surface area contributed by atoms with E-state index in [2.05, 4.69) is 30.7 Å². The van der Waals surface area contributed by atoms with E-state index in [1.807, 2.05) is 6.07 Å². The average molecular weight is 335 g/mol. The minimum Gasteiger partial charge on any atom is -0.476 e. The highest BCUT2D eigenvalue weighted by atomic mass is 19.1. The van der Waals surface area contributed by atoms with Gasteiger partial charge in [-0.15, -0.1) is 0 Å². The summed E-state index contributed by atoms with van der Waals surface area (Å²) in [5.74, 6) is 0.356. The Hall–Kier alpha value is -1.66. The van der Waals surface area contributed by atoms with Crippen LogP contribution < -0.4 is 4.74 Å². The van der Waals surface area contributed by atoms with Crippen LogP contribution >= 0.6 is 0 Å². The van der Waals surface area contributed by atoms with Crippen LogP contribution in [0.25, 0.3) is 11.0 Å². The number of morpholine rings is 1. The number of nitrogens with zero attached hydrogens (tertiary/aromatic N) is 3. The van der Waals surface area contributed by atoms with Crippen molar-refractivity contribution in [2.45, 2.75) is 26.2 Å². The van der Waals surface area contributed by atoms with Crippen molar-refractivity contribution in [1.29, 1.82) is 0 Å². The highest BCUT2D eigenvalue weighted by Crippen LogP contribution is 2.33. The second-order valence-corrected chi connectivity index (χ2v) is 7.35. The lowest BCUT2D eigenvalue weighted by molar-refractivity contribution is 0.0319. The third kappa shape index (κ3) is 3.54. The minimum absolute atomic E-state index is 0.169. The van der Waals surface area contributed by atoms with Crippen molar-refractivity contribution in [2.75, 3.05) is 39.5 Å². The third-order valence-corrected chi connectivity index (χ3v) is 4.42. The second kappa shape index (κ2) is 6.69. The molecule has 0 atom stereocenters. The summed E-state index contributed by atoms with van der Waals surface area (Å²) in [5.41, 5.74) is 1.38. The molecule has 2 aromatic rings. The zero-order valence-corrected chi connectivity index (χ0v) is 14.9. The highest BCUT2D eigenvalue weighted by Gasteiger charge is 2.23. The molecular weight excluding hydrogens is 309 g/mol. The van der Waals surface area contributed by atoms with E-state index in [0.717, 1.165) is 38.4 Å². The van der Waals surface area contributed by atoms with E-state index in [9.17, 15) is 4.39 Å². The summed E-state index contributed by atoms with van der Waals surface area (Å²) >= 11 is 0. The first-order valence-corrected chi connectivity index (χ1v) is 8.45. The fraction of sp³-hybridized carbons (Fsp3) is 0.611. The van der Waals surface area contributed by atoms with Crippen LogP contribution in [0.1, 0.15) is 26.3 Å². The number of rotatable bonds is 4. The number of aryl methyl sites for hydroxylation is 1. The summed E-state index contributed by atoms with van der Waals surface area (Å²) < 4.78 is 27.2. The Morgan fingerprint density at radius 2 is 2.00 bits per heavy atom. The van der Waals surface area contributed by atoms with Crippen LogP contribution in [0, 0.1) is 5.82 Å². The SMILES string of the molecule is Cn1cc(F)c2cc(C(C)(C)C)c(OCCN3CCOCC3)nc21. The Morgan fingerprint density at radius 1 is 1.29 bits per heavy atom. The van der Waals surface area contributed by atoms with Crippen LogP contribution in [0.2, 0.25) is 0 Å². The van der Waals surface area contributed by atoms with E-state index in [4.69, 9.17) is 9.47 Å². The van der Waals surface area contributed by atoms with Gasteiger partial charge in [0.2, 0.25) is 5.88 Å². The maximum Gasteiger partial charge on any atom is 0.219 e. The van der Waals surface area contributed by atoms with Gasteiger partial charge < -0.3 is 14.0 Å². The molecule has 3 heterocycles. The third-order valence-electron chi connectivity index (χ3n) is 4.42. The fourth-order valence-electron chi connectivity index (χ4n) is 2.98. The molecule has 0 unspecified atom stereocenters. The van der Waals surface area contributed by atoms with E-state index < -0.39 is 0 Å². The second-order valence-electron chi connectivity index (χ2n) is 7.35. The molecule has 1 aliphatic heterocycles. The van der Waals surface area contributed by atoms with Gasteiger partial charge in [-0.2, -0.15) is 4.98 Å². The quantitative estimate of drug-likeness (QED) is 0.861. The number of ether oxygens (including phenoxy) is 2. The van der Waals surface area contributed by atoms with E-state index >= 15 is 0 Å². The smallest absolute Gasteiger partial charge is 0.219 e. The monoisotopic (exact) mass is 335 g/mol. The number of aromatic nitrogens is 2. The molecule has 0 amide bonds. The number of fused-ring (bicyclic) bond motifs is 1. The summed E-state index contributed by atoms with van der Waals surface area (Å²) in [7, 11) is 1.80. The molecule has 0 aliphatic carbocycles. The van der Waals surface area contributed by atoms with Gasteiger partial charge in [0.15, 0.2) is 0 Å². The number of hydrogen-bond donors (Lipinski definition) is 0. The van der Waals surface area contributed by atoms with Crippen molar-refractivity contribution in [3.05, 3.63) is 23.6 Å². The van der Waals surface area contributed by atoms with Crippen molar-refractivity contribution >= 4 is 11.0 Å². The number of hydrogen-bond acceptors (Lipinski definition) is 4. The van der Waals surface area contributed by atoms with Crippen LogP contribution in [0.3, 0.4) is 0 Å². The Morgan fingerprint density at radius 3 is 2.67 bits per heavy atom. The molecular formula is C18H26FN3O2. The molecule has 0 saturated carbocycles. The van der Waals surface area contributed by atoms with Crippen LogP contribution in [0.15, 0.2) is 12.3 Å². The molecule has 1 fully saturated rings. The first-order chi connectivity index (χ1) is 11.4. The van der Waals surface area contributed by atoms with E-state index in [1.54, 1.807) is 11.6 Å². The van der Waals surface area contributed by atoms with Gasteiger partial charge in [-0.3, -0.25) is 4.90 Å². The normalized spacial score (nSPS) is 16.7. The molecule has 1 saturated heterocycles. The Bertz CT molecular complexity index is 715. The maximum atomic E-state index is 14.1. The predicted octanol–water partition coefficient (Wildman–Crippen LogP) is 2.72. The van der Waals surface area contributed by atoms with Gasteiger partial charge in [-0.1, -0.05) is 20.8 Å². The van der Waals surface area contributed by atoms with Crippen molar-refractivity contribution in [3.63, 3.8) is 0 Å². The molecule has 0 radical (unpaired) electrons. The Labute approximate surface area is 142 Å². The standard InChI is InChI=1S/C18H26FN3O2/c1-18(2,3)14-11-13-15(19)12-21(4)16(13)20-17(14)24-10-7-22-5-8-23-9-6-22/h11-12H,5-10H2,1-4H3. The first-order valence-electron chi connectivity index (χ1n) is 8.45. The first kappa shape index (κ1) is 17.2. The molecule has 132 valence electrons. The Balaban J connectivity index is 1.83. The molecule has 3 rings (SSSR count). The van der Waals surface area contributed by atoms with Crippen LogP contribution in [0.5, 0.6) is 5.88 Å². The molecule has 24 heavy (non-hydrogen) atoms. The lowest BCUT2D eigenvalue weighted by Crippen LogP contribution is -2.38. The van der Waals surface area contributed by atoms with E-state index in [-0.39, 0.29) is 11.2 Å². The molecule has 0 spiro atoms. The summed E-state index contributed by atoms with van der Waals surface area (Å²) in [6.45, 7) is 11.1. The molecule has 2 aromatic heterocycles. The predicted molar refractivity (Wildman–Crippen MR) is 92.1 cm³/mol. The van der Waals surface area contributed by atoms with E-state index in [1.165, 1.54) is 6.20 Å². The van der Waals surface area contributed by atoms with Crippen molar-refractivity contribution in [3.8, 4) is 5.88 Å².